The Morgan fingerprint density at radius 2 is 2.44 bits per heavy atom. The number of aliphatic hydroxyl groups excluding tert-OH is 1. The van der Waals surface area contributed by atoms with Gasteiger partial charge in [0.2, 0.25) is 5.91 Å². The highest BCUT2D eigenvalue weighted by Gasteiger charge is 2.36. The number of amides is 1. The maximum absolute atomic E-state index is 10.8. The Morgan fingerprint density at radius 3 is 2.56 bits per heavy atom. The summed E-state index contributed by atoms with van der Waals surface area (Å²) in [6, 6.07) is 0. The number of aliphatic hydroxyl groups is 1. The Labute approximate surface area is 54.3 Å². The van der Waals surface area contributed by atoms with Crippen LogP contribution in [0.2, 0.25) is 0 Å². The van der Waals surface area contributed by atoms with E-state index in [1.807, 2.05) is 0 Å². The van der Waals surface area contributed by atoms with E-state index >= 15 is 0 Å². The summed E-state index contributed by atoms with van der Waals surface area (Å²) in [5.41, 5.74) is 0. The van der Waals surface area contributed by atoms with Gasteiger partial charge in [0.15, 0.2) is 0 Å². The van der Waals surface area contributed by atoms with Crippen molar-refractivity contribution in [3.05, 3.63) is 0 Å². The standard InChI is InChI=1S/C6H11NO2/c1-4(8)5-3-7(2)6(5)9/h4-5,8H,3H2,1-2H3/t4-,5-/m0/s1. The van der Waals surface area contributed by atoms with Crippen LogP contribution in [0.4, 0.5) is 0 Å². The van der Waals surface area contributed by atoms with Crippen LogP contribution < -0.4 is 0 Å². The van der Waals surface area contributed by atoms with Crippen molar-refractivity contribution in [1.29, 1.82) is 0 Å². The molecule has 2 atom stereocenters. The topological polar surface area (TPSA) is 40.5 Å². The maximum Gasteiger partial charge on any atom is 0.229 e. The number of rotatable bonds is 1. The van der Waals surface area contributed by atoms with Gasteiger partial charge in [-0.05, 0) is 6.92 Å². The zero-order chi connectivity index (χ0) is 7.02. The van der Waals surface area contributed by atoms with Crippen molar-refractivity contribution in [2.75, 3.05) is 13.6 Å². The van der Waals surface area contributed by atoms with Crippen LogP contribution >= 0.6 is 0 Å². The van der Waals surface area contributed by atoms with Crippen LogP contribution in [0.15, 0.2) is 0 Å². The molecule has 1 fully saturated rings. The molecule has 1 heterocycles. The second-order valence-electron chi connectivity index (χ2n) is 2.57. The van der Waals surface area contributed by atoms with Crippen LogP contribution in [0.1, 0.15) is 6.92 Å². The first-order chi connectivity index (χ1) is 4.13. The zero-order valence-electron chi connectivity index (χ0n) is 5.66. The van der Waals surface area contributed by atoms with E-state index in [0.717, 1.165) is 0 Å². The third-order valence-corrected chi connectivity index (χ3v) is 1.75. The molecule has 3 heteroatoms. The SMILES string of the molecule is C[C@H](O)[C@@H]1CN(C)C1=O. The summed E-state index contributed by atoms with van der Waals surface area (Å²) in [6.45, 7) is 2.35. The van der Waals surface area contributed by atoms with E-state index in [0.29, 0.717) is 6.54 Å². The molecule has 0 aromatic rings. The molecule has 0 bridgehead atoms. The predicted molar refractivity (Wildman–Crippen MR) is 32.8 cm³/mol. The molecule has 0 saturated carbocycles. The molecular weight excluding hydrogens is 118 g/mol. The number of likely N-dealkylation sites (tertiary alicyclic amines) is 1. The fourth-order valence-corrected chi connectivity index (χ4v) is 0.993. The van der Waals surface area contributed by atoms with Crippen LogP contribution in [0.5, 0.6) is 0 Å². The van der Waals surface area contributed by atoms with Crippen LogP contribution in [0.3, 0.4) is 0 Å². The number of nitrogens with zero attached hydrogens (tertiary/aromatic N) is 1. The van der Waals surface area contributed by atoms with Gasteiger partial charge >= 0.3 is 0 Å². The first kappa shape index (κ1) is 6.55. The van der Waals surface area contributed by atoms with Gasteiger partial charge < -0.3 is 10.0 Å². The summed E-state index contributed by atoms with van der Waals surface area (Å²) >= 11 is 0. The maximum atomic E-state index is 10.8. The minimum atomic E-state index is -0.478. The lowest BCUT2D eigenvalue weighted by Crippen LogP contribution is -2.54. The third kappa shape index (κ3) is 0.920. The van der Waals surface area contributed by atoms with Gasteiger partial charge in [0.25, 0.3) is 0 Å². The highest BCUT2D eigenvalue weighted by molar-refractivity contribution is 5.84. The van der Waals surface area contributed by atoms with Crippen molar-refractivity contribution in [3.8, 4) is 0 Å². The van der Waals surface area contributed by atoms with E-state index in [9.17, 15) is 4.79 Å². The Balaban J connectivity index is 2.42. The third-order valence-electron chi connectivity index (χ3n) is 1.75. The summed E-state index contributed by atoms with van der Waals surface area (Å²) in [4.78, 5) is 12.4. The zero-order valence-corrected chi connectivity index (χ0v) is 5.66. The van der Waals surface area contributed by atoms with Crippen molar-refractivity contribution < 1.29 is 9.90 Å². The summed E-state index contributed by atoms with van der Waals surface area (Å²) in [5, 5.41) is 8.91. The molecular formula is C6H11NO2. The van der Waals surface area contributed by atoms with Crippen LogP contribution in [-0.2, 0) is 4.79 Å². The quantitative estimate of drug-likeness (QED) is 0.483. The molecule has 1 saturated heterocycles. The molecule has 9 heavy (non-hydrogen) atoms. The van der Waals surface area contributed by atoms with Gasteiger partial charge in [0, 0.05) is 13.6 Å². The molecule has 0 unspecified atom stereocenters. The number of β-lactam (4-membered cyclic amide) rings is 1. The van der Waals surface area contributed by atoms with Gasteiger partial charge in [0.1, 0.15) is 0 Å². The van der Waals surface area contributed by atoms with Gasteiger partial charge in [-0.3, -0.25) is 4.79 Å². The van der Waals surface area contributed by atoms with E-state index in [1.54, 1.807) is 18.9 Å². The molecule has 3 nitrogen and oxygen atoms in total. The van der Waals surface area contributed by atoms with Gasteiger partial charge in [0.05, 0.1) is 12.0 Å². The molecule has 0 aromatic heterocycles. The van der Waals surface area contributed by atoms with E-state index in [1.165, 1.54) is 0 Å². The molecule has 1 rings (SSSR count). The molecule has 1 aliphatic rings. The van der Waals surface area contributed by atoms with E-state index < -0.39 is 6.10 Å². The molecule has 0 radical (unpaired) electrons. The first-order valence-corrected chi connectivity index (χ1v) is 3.06. The first-order valence-electron chi connectivity index (χ1n) is 3.06. The normalized spacial score (nSPS) is 29.9. The van der Waals surface area contributed by atoms with Crippen LogP contribution in [0, 0.1) is 5.92 Å². The predicted octanol–water partition coefficient (Wildman–Crippen LogP) is -0.545. The van der Waals surface area contributed by atoms with Gasteiger partial charge in [-0.25, -0.2) is 0 Å². The van der Waals surface area contributed by atoms with Crippen molar-refractivity contribution in [3.63, 3.8) is 0 Å². The molecule has 0 aliphatic carbocycles. The lowest BCUT2D eigenvalue weighted by atomic mass is 9.94. The minimum absolute atomic E-state index is 0.0602. The number of carbonyl (C=O) groups is 1. The van der Waals surface area contributed by atoms with Crippen molar-refractivity contribution >= 4 is 5.91 Å². The van der Waals surface area contributed by atoms with Crippen molar-refractivity contribution in [2.45, 2.75) is 13.0 Å². The Bertz CT molecular complexity index is 133. The summed E-state index contributed by atoms with van der Waals surface area (Å²) in [7, 11) is 1.74. The van der Waals surface area contributed by atoms with E-state index in [4.69, 9.17) is 5.11 Å². The van der Waals surface area contributed by atoms with Crippen LogP contribution in [0.25, 0.3) is 0 Å². The summed E-state index contributed by atoms with van der Waals surface area (Å²) < 4.78 is 0. The van der Waals surface area contributed by atoms with Gasteiger partial charge in [-0.15, -0.1) is 0 Å². The molecule has 52 valence electrons. The Hall–Kier alpha value is -0.570. The van der Waals surface area contributed by atoms with E-state index in [-0.39, 0.29) is 11.8 Å². The molecule has 0 spiro atoms. The average Bonchev–Trinajstić information content (AvgIpc) is 1.81. The lowest BCUT2D eigenvalue weighted by Gasteiger charge is -2.36. The van der Waals surface area contributed by atoms with Gasteiger partial charge in [-0.1, -0.05) is 0 Å². The molecule has 0 aromatic carbocycles. The Morgan fingerprint density at radius 1 is 1.89 bits per heavy atom. The van der Waals surface area contributed by atoms with Crippen LogP contribution in [-0.4, -0.2) is 35.6 Å². The summed E-state index contributed by atoms with van der Waals surface area (Å²) in [5.74, 6) is -0.0694. The summed E-state index contributed by atoms with van der Waals surface area (Å²) in [6.07, 6.45) is -0.478. The molecule has 1 aliphatic heterocycles. The molecule has 1 N–H and O–H groups in total. The van der Waals surface area contributed by atoms with Crippen molar-refractivity contribution in [1.82, 2.24) is 4.90 Å². The monoisotopic (exact) mass is 129 g/mol. The second kappa shape index (κ2) is 1.99. The highest BCUT2D eigenvalue weighted by Crippen LogP contribution is 2.18. The smallest absolute Gasteiger partial charge is 0.229 e. The largest absolute Gasteiger partial charge is 0.393 e. The minimum Gasteiger partial charge on any atom is -0.393 e. The van der Waals surface area contributed by atoms with E-state index in [2.05, 4.69) is 0 Å². The van der Waals surface area contributed by atoms with Crippen molar-refractivity contribution in [2.24, 2.45) is 5.92 Å². The Kier molecular flexibility index (Phi) is 1.45. The fraction of sp³-hybridized carbons (Fsp3) is 0.833. The van der Waals surface area contributed by atoms with Gasteiger partial charge in [-0.2, -0.15) is 0 Å². The second-order valence-corrected chi connectivity index (χ2v) is 2.57. The molecule has 1 amide bonds. The highest BCUT2D eigenvalue weighted by atomic mass is 16.3. The fourth-order valence-electron chi connectivity index (χ4n) is 0.993. The number of hydrogen-bond acceptors (Lipinski definition) is 2. The number of carbonyl (C=O) groups excluding carboxylic acids is 1. The average molecular weight is 129 g/mol. The number of hydrogen-bond donors (Lipinski definition) is 1. The lowest BCUT2D eigenvalue weighted by molar-refractivity contribution is -0.151.